The largest absolute Gasteiger partial charge is 0.508 e. The number of rotatable bonds is 6. The molecule has 0 bridgehead atoms. The van der Waals surface area contributed by atoms with Crippen molar-refractivity contribution in [1.82, 2.24) is 25.3 Å². The van der Waals surface area contributed by atoms with Crippen molar-refractivity contribution in [3.63, 3.8) is 0 Å². The fourth-order valence-electron chi connectivity index (χ4n) is 3.19. The Balaban J connectivity index is 1.49. The number of nitrogens with one attached hydrogen (secondary N) is 2. The van der Waals surface area contributed by atoms with Crippen LogP contribution in [0.25, 0.3) is 0 Å². The zero-order chi connectivity index (χ0) is 17.8. The van der Waals surface area contributed by atoms with Crippen LogP contribution in [0.15, 0.2) is 36.7 Å². The Morgan fingerprint density at radius 1 is 1.40 bits per heavy atom. The average Bonchev–Trinajstić information content (AvgIpc) is 3.24. The number of phenolic OH excluding ortho intramolecular Hbond substituents is 1. The monoisotopic (exact) mass is 343 g/mol. The van der Waals surface area contributed by atoms with E-state index in [4.69, 9.17) is 0 Å². The lowest BCUT2D eigenvalue weighted by Gasteiger charge is -2.20. The second kappa shape index (κ2) is 7.67. The maximum Gasteiger partial charge on any atom is 0.240 e. The highest BCUT2D eigenvalue weighted by Crippen LogP contribution is 2.29. The molecule has 7 nitrogen and oxygen atoms in total. The Labute approximate surface area is 147 Å². The molecule has 1 aromatic carbocycles. The van der Waals surface area contributed by atoms with Gasteiger partial charge in [0.2, 0.25) is 5.91 Å². The van der Waals surface area contributed by atoms with Gasteiger partial charge in [0.15, 0.2) is 0 Å². The third-order valence-electron chi connectivity index (χ3n) is 4.70. The summed E-state index contributed by atoms with van der Waals surface area (Å²) < 4.78 is 2.00. The van der Waals surface area contributed by atoms with Crippen molar-refractivity contribution in [3.05, 3.63) is 48.0 Å². The summed E-state index contributed by atoms with van der Waals surface area (Å²) in [6.45, 7) is 0.686. The summed E-state index contributed by atoms with van der Waals surface area (Å²) in [4.78, 5) is 18.7. The number of hydrogen-bond acceptors (Lipinski definition) is 5. The van der Waals surface area contributed by atoms with Gasteiger partial charge in [-0.1, -0.05) is 18.2 Å². The number of hydrogen-bond donors (Lipinski definition) is 3. The molecule has 1 fully saturated rings. The molecule has 0 spiro atoms. The summed E-state index contributed by atoms with van der Waals surface area (Å²) in [6, 6.07) is 6.85. The molecule has 1 aliphatic heterocycles. The molecule has 25 heavy (non-hydrogen) atoms. The molecule has 2 atom stereocenters. The minimum absolute atomic E-state index is 0.0604. The number of carbonyl (C=O) groups is 1. The van der Waals surface area contributed by atoms with E-state index in [1.807, 2.05) is 37.0 Å². The van der Waals surface area contributed by atoms with Crippen molar-refractivity contribution in [2.45, 2.75) is 31.3 Å². The standard InChI is InChI=1S/C18H25N5O2/c1-22-11-9-19-17(22)8-5-10-23(2)18(25)15-12-14(20-21-15)13-6-3-4-7-16(13)24/h3-4,6-7,9,11,14-15,20-21,24H,5,8,10,12H2,1-2H3. The van der Waals surface area contributed by atoms with E-state index in [1.54, 1.807) is 23.2 Å². The van der Waals surface area contributed by atoms with E-state index in [9.17, 15) is 9.90 Å². The van der Waals surface area contributed by atoms with E-state index in [1.165, 1.54) is 0 Å². The van der Waals surface area contributed by atoms with Crippen LogP contribution in [0.2, 0.25) is 0 Å². The zero-order valence-electron chi connectivity index (χ0n) is 14.6. The van der Waals surface area contributed by atoms with E-state index in [-0.39, 0.29) is 23.7 Å². The maximum absolute atomic E-state index is 12.6. The normalized spacial score (nSPS) is 19.9. The highest BCUT2D eigenvalue weighted by atomic mass is 16.3. The highest BCUT2D eigenvalue weighted by Gasteiger charge is 2.32. The summed E-state index contributed by atoms with van der Waals surface area (Å²) in [5.74, 6) is 1.34. The predicted molar refractivity (Wildman–Crippen MR) is 94.7 cm³/mol. The number of aromatic hydroxyl groups is 1. The molecule has 2 aromatic rings. The lowest BCUT2D eigenvalue weighted by molar-refractivity contribution is -0.131. The molecule has 2 heterocycles. The van der Waals surface area contributed by atoms with Crippen LogP contribution >= 0.6 is 0 Å². The van der Waals surface area contributed by atoms with Crippen LogP contribution < -0.4 is 10.9 Å². The van der Waals surface area contributed by atoms with Gasteiger partial charge in [-0.05, 0) is 18.9 Å². The van der Waals surface area contributed by atoms with E-state index in [0.717, 1.165) is 24.2 Å². The van der Waals surface area contributed by atoms with Crippen LogP contribution in [0, 0.1) is 0 Å². The maximum atomic E-state index is 12.6. The number of nitrogens with zero attached hydrogens (tertiary/aromatic N) is 3. The van der Waals surface area contributed by atoms with E-state index >= 15 is 0 Å². The minimum atomic E-state index is -0.289. The number of aryl methyl sites for hydroxylation is 2. The number of aromatic nitrogens is 2. The van der Waals surface area contributed by atoms with Gasteiger partial charge in [-0.3, -0.25) is 4.79 Å². The van der Waals surface area contributed by atoms with Gasteiger partial charge in [0, 0.05) is 45.0 Å². The van der Waals surface area contributed by atoms with E-state index < -0.39 is 0 Å². The summed E-state index contributed by atoms with van der Waals surface area (Å²) in [6.07, 6.45) is 6.04. The quantitative estimate of drug-likeness (QED) is 0.732. The summed E-state index contributed by atoms with van der Waals surface area (Å²) in [5.41, 5.74) is 6.98. The molecule has 2 unspecified atom stereocenters. The first-order chi connectivity index (χ1) is 12.1. The van der Waals surface area contributed by atoms with Crippen molar-refractivity contribution in [1.29, 1.82) is 0 Å². The number of amides is 1. The lowest BCUT2D eigenvalue weighted by Crippen LogP contribution is -2.44. The van der Waals surface area contributed by atoms with E-state index in [2.05, 4.69) is 15.8 Å². The molecule has 1 saturated heterocycles. The molecule has 0 radical (unpaired) electrons. The topological polar surface area (TPSA) is 82.4 Å². The van der Waals surface area contributed by atoms with Crippen molar-refractivity contribution in [3.8, 4) is 5.75 Å². The molecule has 0 aliphatic carbocycles. The van der Waals surface area contributed by atoms with Gasteiger partial charge in [0.1, 0.15) is 17.6 Å². The number of hydrazine groups is 1. The second-order valence-corrected chi connectivity index (χ2v) is 6.51. The first-order valence-electron chi connectivity index (χ1n) is 8.56. The summed E-state index contributed by atoms with van der Waals surface area (Å²) in [7, 11) is 3.81. The van der Waals surface area contributed by atoms with Gasteiger partial charge < -0.3 is 14.6 Å². The number of para-hydroxylation sites is 1. The molecule has 1 aliphatic rings. The highest BCUT2D eigenvalue weighted by molar-refractivity contribution is 5.82. The van der Waals surface area contributed by atoms with Gasteiger partial charge in [-0.25, -0.2) is 15.8 Å². The molecule has 3 N–H and O–H groups in total. The van der Waals surface area contributed by atoms with Crippen LogP contribution in [0.1, 0.15) is 30.3 Å². The zero-order valence-corrected chi connectivity index (χ0v) is 14.6. The Morgan fingerprint density at radius 2 is 2.20 bits per heavy atom. The molecule has 1 aromatic heterocycles. The Kier molecular flexibility index (Phi) is 5.35. The molecule has 7 heteroatoms. The van der Waals surface area contributed by atoms with Gasteiger partial charge in [-0.15, -0.1) is 0 Å². The third-order valence-corrected chi connectivity index (χ3v) is 4.70. The van der Waals surface area contributed by atoms with Crippen molar-refractivity contribution in [2.75, 3.05) is 13.6 Å². The van der Waals surface area contributed by atoms with Gasteiger partial charge in [0.25, 0.3) is 0 Å². The fourth-order valence-corrected chi connectivity index (χ4v) is 3.19. The number of imidazole rings is 1. The number of benzene rings is 1. The smallest absolute Gasteiger partial charge is 0.240 e. The van der Waals surface area contributed by atoms with Gasteiger partial charge in [-0.2, -0.15) is 0 Å². The lowest BCUT2D eigenvalue weighted by atomic mass is 10.0. The molecule has 0 saturated carbocycles. The van der Waals surface area contributed by atoms with Crippen LogP contribution in [0.3, 0.4) is 0 Å². The molecular weight excluding hydrogens is 318 g/mol. The number of likely N-dealkylation sites (N-methyl/N-ethyl adjacent to an activating group) is 1. The summed E-state index contributed by atoms with van der Waals surface area (Å²) >= 11 is 0. The minimum Gasteiger partial charge on any atom is -0.508 e. The Bertz CT molecular complexity index is 730. The number of carbonyl (C=O) groups excluding carboxylic acids is 1. The predicted octanol–water partition coefficient (Wildman–Crippen LogP) is 1.12. The van der Waals surface area contributed by atoms with Crippen molar-refractivity contribution >= 4 is 5.91 Å². The SMILES string of the molecule is CN(CCCc1nccn1C)C(=O)C1CC(c2ccccc2O)NN1. The molecule has 3 rings (SSSR count). The van der Waals surface area contributed by atoms with Gasteiger partial charge in [0.05, 0.1) is 6.04 Å². The van der Waals surface area contributed by atoms with Crippen molar-refractivity contribution in [2.24, 2.45) is 7.05 Å². The van der Waals surface area contributed by atoms with Crippen LogP contribution in [0.5, 0.6) is 5.75 Å². The number of phenols is 1. The van der Waals surface area contributed by atoms with Crippen LogP contribution in [0.4, 0.5) is 0 Å². The first-order valence-corrected chi connectivity index (χ1v) is 8.56. The van der Waals surface area contributed by atoms with Gasteiger partial charge >= 0.3 is 0 Å². The summed E-state index contributed by atoms with van der Waals surface area (Å²) in [5, 5.41) is 9.96. The average molecular weight is 343 g/mol. The third kappa shape index (κ3) is 4.00. The van der Waals surface area contributed by atoms with Crippen molar-refractivity contribution < 1.29 is 9.90 Å². The molecular formula is C18H25N5O2. The Morgan fingerprint density at radius 3 is 2.92 bits per heavy atom. The second-order valence-electron chi connectivity index (χ2n) is 6.51. The first kappa shape index (κ1) is 17.4. The fraction of sp³-hybridized carbons (Fsp3) is 0.444. The Hall–Kier alpha value is -2.38. The van der Waals surface area contributed by atoms with Crippen LogP contribution in [-0.2, 0) is 18.3 Å². The van der Waals surface area contributed by atoms with E-state index in [0.29, 0.717) is 13.0 Å². The molecule has 1 amide bonds. The molecule has 134 valence electrons. The van der Waals surface area contributed by atoms with Crippen LogP contribution in [-0.4, -0.2) is 45.1 Å².